The lowest BCUT2D eigenvalue weighted by atomic mass is 9.77. The van der Waals surface area contributed by atoms with Crippen LogP contribution in [-0.2, 0) is 0 Å². The fraction of sp³-hybridized carbons (Fsp3) is 0.263. The van der Waals surface area contributed by atoms with Gasteiger partial charge in [0.15, 0.2) is 0 Å². The van der Waals surface area contributed by atoms with Gasteiger partial charge in [-0.25, -0.2) is 0 Å². The van der Waals surface area contributed by atoms with Gasteiger partial charge in [-0.1, -0.05) is 36.4 Å². The molecule has 1 aliphatic heterocycles. The molecule has 1 aliphatic carbocycles. The van der Waals surface area contributed by atoms with Gasteiger partial charge in [-0.05, 0) is 29.5 Å². The number of methoxy groups -OCH3 is 1. The van der Waals surface area contributed by atoms with Gasteiger partial charge in [-0.2, -0.15) is 0 Å². The molecule has 0 radical (unpaired) electrons. The molecule has 2 aromatic carbocycles. The maximum absolute atomic E-state index is 11.1. The molecule has 122 valence electrons. The number of anilines is 1. The second-order valence-corrected chi connectivity index (χ2v) is 6.25. The van der Waals surface area contributed by atoms with E-state index < -0.39 is 0 Å². The molecule has 4 rings (SSSR count). The van der Waals surface area contributed by atoms with E-state index in [-0.39, 0.29) is 16.7 Å². The highest BCUT2D eigenvalue weighted by atomic mass is 16.6. The predicted octanol–water partition coefficient (Wildman–Crippen LogP) is 4.43. The van der Waals surface area contributed by atoms with Crippen LogP contribution >= 0.6 is 0 Å². The topological polar surface area (TPSA) is 64.4 Å². The van der Waals surface area contributed by atoms with E-state index in [0.29, 0.717) is 11.8 Å². The van der Waals surface area contributed by atoms with Crippen molar-refractivity contribution < 1.29 is 9.66 Å². The lowest BCUT2D eigenvalue weighted by Gasteiger charge is -2.38. The first-order chi connectivity index (χ1) is 11.7. The Bertz CT molecular complexity index is 831. The van der Waals surface area contributed by atoms with Crippen molar-refractivity contribution in [3.63, 3.8) is 0 Å². The molecule has 2 aromatic rings. The first-order valence-corrected chi connectivity index (χ1v) is 8.03. The molecule has 3 atom stereocenters. The number of nitrogens with one attached hydrogen (secondary N) is 1. The number of hydrogen-bond donors (Lipinski definition) is 1. The molecular formula is C19H18N2O3. The third-order valence-corrected chi connectivity index (χ3v) is 5.02. The first kappa shape index (κ1) is 14.8. The average molecular weight is 322 g/mol. The van der Waals surface area contributed by atoms with Gasteiger partial charge in [0.1, 0.15) is 5.75 Å². The monoisotopic (exact) mass is 322 g/mol. The molecule has 5 nitrogen and oxygen atoms in total. The second-order valence-electron chi connectivity index (χ2n) is 6.25. The Morgan fingerprint density at radius 2 is 2.08 bits per heavy atom. The standard InChI is InChI=1S/C19H18N2O3/c1-24-17-10-4-9-16-14-7-3-8-15(14)18(20-19(16)17)12-5-2-6-13(11-12)21(22)23/h2-7,9-11,14-15,18,20H,8H2,1H3/t14-,15-,18-/m1/s1. The van der Waals surface area contributed by atoms with Crippen LogP contribution in [-0.4, -0.2) is 12.0 Å². The molecular weight excluding hydrogens is 304 g/mol. The van der Waals surface area contributed by atoms with Gasteiger partial charge in [-0.15, -0.1) is 0 Å². The summed E-state index contributed by atoms with van der Waals surface area (Å²) in [4.78, 5) is 10.8. The molecule has 0 saturated carbocycles. The highest BCUT2D eigenvalue weighted by molar-refractivity contribution is 5.67. The predicted molar refractivity (Wildman–Crippen MR) is 92.4 cm³/mol. The summed E-state index contributed by atoms with van der Waals surface area (Å²) in [6.07, 6.45) is 5.41. The summed E-state index contributed by atoms with van der Waals surface area (Å²) < 4.78 is 5.51. The van der Waals surface area contributed by atoms with Gasteiger partial charge in [0.2, 0.25) is 0 Å². The van der Waals surface area contributed by atoms with Crippen LogP contribution in [0.4, 0.5) is 11.4 Å². The van der Waals surface area contributed by atoms with Crippen LogP contribution < -0.4 is 10.1 Å². The lowest BCUT2D eigenvalue weighted by Crippen LogP contribution is -2.29. The minimum atomic E-state index is -0.342. The highest BCUT2D eigenvalue weighted by Gasteiger charge is 2.39. The number of nitro benzene ring substituents is 1. The number of nitrogens with zero attached hydrogens (tertiary/aromatic N) is 1. The highest BCUT2D eigenvalue weighted by Crippen LogP contribution is 2.52. The Labute approximate surface area is 140 Å². The summed E-state index contributed by atoms with van der Waals surface area (Å²) in [5, 5.41) is 14.7. The Kier molecular flexibility index (Phi) is 3.49. The molecule has 1 heterocycles. The smallest absolute Gasteiger partial charge is 0.269 e. The lowest BCUT2D eigenvalue weighted by molar-refractivity contribution is -0.384. The van der Waals surface area contributed by atoms with Gasteiger partial charge >= 0.3 is 0 Å². The van der Waals surface area contributed by atoms with Crippen molar-refractivity contribution in [2.24, 2.45) is 5.92 Å². The zero-order valence-corrected chi connectivity index (χ0v) is 13.3. The summed E-state index contributed by atoms with van der Waals surface area (Å²) in [7, 11) is 1.66. The van der Waals surface area contributed by atoms with Crippen molar-refractivity contribution >= 4 is 11.4 Å². The quantitative estimate of drug-likeness (QED) is 0.516. The number of rotatable bonds is 3. The Morgan fingerprint density at radius 1 is 1.25 bits per heavy atom. The van der Waals surface area contributed by atoms with Crippen molar-refractivity contribution in [1.29, 1.82) is 0 Å². The van der Waals surface area contributed by atoms with E-state index in [2.05, 4.69) is 23.5 Å². The molecule has 0 unspecified atom stereocenters. The van der Waals surface area contributed by atoms with E-state index >= 15 is 0 Å². The molecule has 0 spiro atoms. The number of non-ortho nitro benzene ring substituents is 1. The molecule has 2 aliphatic rings. The first-order valence-electron chi connectivity index (χ1n) is 8.03. The summed E-state index contributed by atoms with van der Waals surface area (Å²) in [5.41, 5.74) is 3.29. The minimum Gasteiger partial charge on any atom is -0.495 e. The van der Waals surface area contributed by atoms with Crippen LogP contribution in [0.15, 0.2) is 54.6 Å². The number of benzene rings is 2. The largest absolute Gasteiger partial charge is 0.495 e. The number of fused-ring (bicyclic) bond motifs is 3. The molecule has 0 bridgehead atoms. The molecule has 1 N–H and O–H groups in total. The average Bonchev–Trinajstić information content (AvgIpc) is 3.10. The van der Waals surface area contributed by atoms with Crippen LogP contribution in [0.1, 0.15) is 29.5 Å². The van der Waals surface area contributed by atoms with E-state index in [4.69, 9.17) is 4.74 Å². The van der Waals surface area contributed by atoms with Gasteiger partial charge in [0.05, 0.1) is 23.8 Å². The normalized spacial score (nSPS) is 24.0. The van der Waals surface area contributed by atoms with Gasteiger partial charge in [-0.3, -0.25) is 10.1 Å². The van der Waals surface area contributed by atoms with Crippen LogP contribution in [0.2, 0.25) is 0 Å². The van der Waals surface area contributed by atoms with Gasteiger partial charge < -0.3 is 10.1 Å². The van der Waals surface area contributed by atoms with Gasteiger partial charge in [0.25, 0.3) is 5.69 Å². The summed E-state index contributed by atoms with van der Waals surface area (Å²) >= 11 is 0. The fourth-order valence-corrected chi connectivity index (χ4v) is 3.92. The van der Waals surface area contributed by atoms with Crippen LogP contribution in [0, 0.1) is 16.0 Å². The van der Waals surface area contributed by atoms with Crippen molar-refractivity contribution in [3.8, 4) is 5.75 Å². The molecule has 0 amide bonds. The Balaban J connectivity index is 1.80. The maximum Gasteiger partial charge on any atom is 0.269 e. The molecule has 5 heteroatoms. The molecule has 0 fully saturated rings. The number of nitro groups is 1. The van der Waals surface area contributed by atoms with E-state index in [0.717, 1.165) is 23.4 Å². The third kappa shape index (κ3) is 2.24. The van der Waals surface area contributed by atoms with Crippen molar-refractivity contribution in [2.75, 3.05) is 12.4 Å². The van der Waals surface area contributed by atoms with E-state index in [1.165, 1.54) is 11.6 Å². The minimum absolute atomic E-state index is 0.0219. The van der Waals surface area contributed by atoms with Gasteiger partial charge in [0, 0.05) is 18.1 Å². The third-order valence-electron chi connectivity index (χ3n) is 5.02. The zero-order chi connectivity index (χ0) is 16.7. The number of para-hydroxylation sites is 1. The van der Waals surface area contributed by atoms with Crippen LogP contribution in [0.3, 0.4) is 0 Å². The molecule has 0 aromatic heterocycles. The van der Waals surface area contributed by atoms with Crippen molar-refractivity contribution in [3.05, 3.63) is 75.9 Å². The van der Waals surface area contributed by atoms with Crippen molar-refractivity contribution in [2.45, 2.75) is 18.4 Å². The Hall–Kier alpha value is -2.82. The summed E-state index contributed by atoms with van der Waals surface area (Å²) in [6.45, 7) is 0. The second kappa shape index (κ2) is 5.67. The number of ether oxygens (including phenoxy) is 1. The molecule has 0 saturated heterocycles. The number of allylic oxidation sites excluding steroid dienone is 2. The SMILES string of the molecule is COc1cccc2c1N[C@H](c1cccc([N+](=O)[O-])c1)[C@@H]1CC=C[C@@H]21. The number of hydrogen-bond acceptors (Lipinski definition) is 4. The van der Waals surface area contributed by atoms with E-state index in [9.17, 15) is 10.1 Å². The Morgan fingerprint density at radius 3 is 2.88 bits per heavy atom. The van der Waals surface area contributed by atoms with Crippen molar-refractivity contribution in [1.82, 2.24) is 0 Å². The van der Waals surface area contributed by atoms with Crippen LogP contribution in [0.25, 0.3) is 0 Å². The summed E-state index contributed by atoms with van der Waals surface area (Å²) in [6, 6.07) is 13.0. The fourth-order valence-electron chi connectivity index (χ4n) is 3.92. The molecule has 24 heavy (non-hydrogen) atoms. The maximum atomic E-state index is 11.1. The van der Waals surface area contributed by atoms with Crippen LogP contribution in [0.5, 0.6) is 5.75 Å². The zero-order valence-electron chi connectivity index (χ0n) is 13.3. The van der Waals surface area contributed by atoms with E-state index in [1.54, 1.807) is 19.2 Å². The summed E-state index contributed by atoms with van der Waals surface area (Å²) in [5.74, 6) is 1.47. The van der Waals surface area contributed by atoms with E-state index in [1.807, 2.05) is 18.2 Å².